The first-order valence-corrected chi connectivity index (χ1v) is 6.95. The molecule has 1 aromatic heterocycles. The Balaban J connectivity index is 2.04. The van der Waals surface area contributed by atoms with Gasteiger partial charge in [-0.15, -0.1) is 0 Å². The average Bonchev–Trinajstić information content (AvgIpc) is 2.45. The highest BCUT2D eigenvalue weighted by Crippen LogP contribution is 2.25. The van der Waals surface area contributed by atoms with E-state index in [1.165, 1.54) is 30.3 Å². The summed E-state index contributed by atoms with van der Waals surface area (Å²) in [6.45, 7) is -0.694. The molecular weight excluding hydrogens is 302 g/mol. The predicted octanol–water partition coefficient (Wildman–Crippen LogP) is 2.46. The van der Waals surface area contributed by atoms with Gasteiger partial charge in [-0.3, -0.25) is 14.6 Å². The van der Waals surface area contributed by atoms with Crippen LogP contribution >= 0.6 is 0 Å². The lowest BCUT2D eigenvalue weighted by atomic mass is 9.96. The maximum atomic E-state index is 13.7. The van der Waals surface area contributed by atoms with Crippen LogP contribution in [0.2, 0.25) is 0 Å². The second-order valence-electron chi connectivity index (χ2n) is 5.40. The van der Waals surface area contributed by atoms with Crippen LogP contribution < -0.4 is 4.90 Å². The number of carbonyl (C=O) groups is 1. The van der Waals surface area contributed by atoms with Crippen LogP contribution in [0.15, 0.2) is 18.3 Å². The molecule has 1 saturated heterocycles. The quantitative estimate of drug-likeness (QED) is 0.803. The summed E-state index contributed by atoms with van der Waals surface area (Å²) in [5.74, 6) is -1.74. The number of pyridine rings is 1. The minimum atomic E-state index is -4.29. The Hall–Kier alpha value is -1.70. The third-order valence-electron chi connectivity index (χ3n) is 3.64. The van der Waals surface area contributed by atoms with Gasteiger partial charge in [-0.1, -0.05) is 0 Å². The number of alkyl halides is 3. The van der Waals surface area contributed by atoms with Crippen LogP contribution in [0.1, 0.15) is 12.8 Å². The molecule has 0 N–H and O–H groups in total. The molecule has 0 radical (unpaired) electrons. The standard InChI is InChI=1S/C14H17F4N3O/c1-20(12-11(15)5-2-6-19-12)13(22)10-4-3-7-21(8-10)9-14(16,17)18/h2,5-6,10H,3-4,7-9H2,1H3/t10-/m1/s1. The molecule has 22 heavy (non-hydrogen) atoms. The van der Waals surface area contributed by atoms with Crippen LogP contribution in [0.4, 0.5) is 23.4 Å². The zero-order valence-electron chi connectivity index (χ0n) is 12.1. The molecule has 0 aromatic carbocycles. The molecule has 122 valence electrons. The van der Waals surface area contributed by atoms with Gasteiger partial charge < -0.3 is 0 Å². The van der Waals surface area contributed by atoms with Crippen LogP contribution in [-0.2, 0) is 4.79 Å². The molecule has 1 aliphatic rings. The van der Waals surface area contributed by atoms with Gasteiger partial charge in [-0.2, -0.15) is 13.2 Å². The third-order valence-corrected chi connectivity index (χ3v) is 3.64. The van der Waals surface area contributed by atoms with Crippen molar-refractivity contribution < 1.29 is 22.4 Å². The normalized spacial score (nSPS) is 20.0. The number of amides is 1. The van der Waals surface area contributed by atoms with Gasteiger partial charge in [0.05, 0.1) is 12.5 Å². The molecule has 1 fully saturated rings. The lowest BCUT2D eigenvalue weighted by molar-refractivity contribution is -0.151. The number of nitrogens with zero attached hydrogens (tertiary/aromatic N) is 3. The Kier molecular flexibility index (Phi) is 5.00. The van der Waals surface area contributed by atoms with Gasteiger partial charge >= 0.3 is 6.18 Å². The molecule has 4 nitrogen and oxygen atoms in total. The zero-order valence-corrected chi connectivity index (χ0v) is 12.1. The Morgan fingerprint density at radius 3 is 2.86 bits per heavy atom. The van der Waals surface area contributed by atoms with Crippen molar-refractivity contribution in [3.05, 3.63) is 24.1 Å². The van der Waals surface area contributed by atoms with Gasteiger partial charge in [0.15, 0.2) is 11.6 Å². The van der Waals surface area contributed by atoms with E-state index in [0.29, 0.717) is 19.4 Å². The first-order chi connectivity index (χ1) is 10.3. The van der Waals surface area contributed by atoms with Crippen LogP contribution in [0.5, 0.6) is 0 Å². The summed E-state index contributed by atoms with van der Waals surface area (Å²) in [5, 5.41) is 0. The lowest BCUT2D eigenvalue weighted by Crippen LogP contribution is -2.46. The van der Waals surface area contributed by atoms with Crippen molar-refractivity contribution in [2.75, 3.05) is 31.6 Å². The summed E-state index contributed by atoms with van der Waals surface area (Å²) in [6, 6.07) is 2.59. The Morgan fingerprint density at radius 1 is 1.50 bits per heavy atom. The van der Waals surface area contributed by atoms with Gasteiger partial charge in [-0.05, 0) is 31.5 Å². The molecule has 0 saturated carbocycles. The fourth-order valence-corrected chi connectivity index (χ4v) is 2.66. The fourth-order valence-electron chi connectivity index (χ4n) is 2.66. The van der Waals surface area contributed by atoms with Crippen LogP contribution in [0.3, 0.4) is 0 Å². The minimum Gasteiger partial charge on any atom is -0.297 e. The van der Waals surface area contributed by atoms with Gasteiger partial charge in [-0.25, -0.2) is 9.37 Å². The smallest absolute Gasteiger partial charge is 0.297 e. The van der Waals surface area contributed by atoms with Crippen LogP contribution in [-0.4, -0.2) is 48.6 Å². The first-order valence-electron chi connectivity index (χ1n) is 6.95. The minimum absolute atomic E-state index is 0.0249. The number of likely N-dealkylation sites (tertiary alicyclic amines) is 1. The number of halogens is 4. The molecular formula is C14H17F4N3O. The van der Waals surface area contributed by atoms with Crippen LogP contribution in [0, 0.1) is 11.7 Å². The van der Waals surface area contributed by atoms with Crippen molar-refractivity contribution in [3.63, 3.8) is 0 Å². The summed E-state index contributed by atoms with van der Waals surface area (Å²) < 4.78 is 51.0. The van der Waals surface area contributed by atoms with Gasteiger partial charge in [0.25, 0.3) is 0 Å². The monoisotopic (exact) mass is 319 g/mol. The van der Waals surface area contributed by atoms with Crippen molar-refractivity contribution in [1.82, 2.24) is 9.88 Å². The number of rotatable bonds is 3. The maximum absolute atomic E-state index is 13.7. The van der Waals surface area contributed by atoms with E-state index >= 15 is 0 Å². The molecule has 0 unspecified atom stereocenters. The molecule has 1 aromatic rings. The lowest BCUT2D eigenvalue weighted by Gasteiger charge is -2.34. The largest absolute Gasteiger partial charge is 0.401 e. The third kappa shape index (κ3) is 4.16. The average molecular weight is 319 g/mol. The van der Waals surface area contributed by atoms with E-state index in [1.807, 2.05) is 0 Å². The highest BCUT2D eigenvalue weighted by molar-refractivity contribution is 5.93. The second-order valence-corrected chi connectivity index (χ2v) is 5.40. The van der Waals surface area contributed by atoms with Crippen molar-refractivity contribution in [2.45, 2.75) is 19.0 Å². The van der Waals surface area contributed by atoms with Gasteiger partial charge in [0.1, 0.15) is 0 Å². The number of hydrogen-bond donors (Lipinski definition) is 0. The molecule has 0 aliphatic carbocycles. The Morgan fingerprint density at radius 2 is 2.23 bits per heavy atom. The van der Waals surface area contributed by atoms with E-state index in [0.717, 1.165) is 4.90 Å². The van der Waals surface area contributed by atoms with E-state index < -0.39 is 30.4 Å². The maximum Gasteiger partial charge on any atom is 0.401 e. The predicted molar refractivity (Wildman–Crippen MR) is 72.8 cm³/mol. The molecule has 2 rings (SSSR count). The number of piperidine rings is 1. The fraction of sp³-hybridized carbons (Fsp3) is 0.571. The summed E-state index contributed by atoms with van der Waals surface area (Å²) in [5.41, 5.74) is 0. The SMILES string of the molecule is CN(C(=O)[C@@H]1CCCN(CC(F)(F)F)C1)c1ncccc1F. The topological polar surface area (TPSA) is 36.4 Å². The molecule has 0 spiro atoms. The highest BCUT2D eigenvalue weighted by Gasteiger charge is 2.35. The van der Waals surface area contributed by atoms with Gasteiger partial charge in [0, 0.05) is 19.8 Å². The zero-order chi connectivity index (χ0) is 16.3. The molecule has 8 heteroatoms. The number of hydrogen-bond acceptors (Lipinski definition) is 3. The second kappa shape index (κ2) is 6.60. The van der Waals surface area contributed by atoms with E-state index in [9.17, 15) is 22.4 Å². The number of aromatic nitrogens is 1. The molecule has 1 aliphatic heterocycles. The molecule has 0 bridgehead atoms. The summed E-state index contributed by atoms with van der Waals surface area (Å²) in [7, 11) is 1.39. The number of anilines is 1. The van der Waals surface area contributed by atoms with Crippen molar-refractivity contribution in [2.24, 2.45) is 5.92 Å². The summed E-state index contributed by atoms with van der Waals surface area (Å²) in [6.07, 6.45) is -1.93. The first kappa shape index (κ1) is 16.7. The summed E-state index contributed by atoms with van der Waals surface area (Å²) in [4.78, 5) is 18.5. The van der Waals surface area contributed by atoms with Crippen molar-refractivity contribution in [1.29, 1.82) is 0 Å². The molecule has 1 amide bonds. The van der Waals surface area contributed by atoms with E-state index in [-0.39, 0.29) is 12.4 Å². The highest BCUT2D eigenvalue weighted by atomic mass is 19.4. The van der Waals surface area contributed by atoms with Crippen molar-refractivity contribution in [3.8, 4) is 0 Å². The summed E-state index contributed by atoms with van der Waals surface area (Å²) >= 11 is 0. The van der Waals surface area contributed by atoms with E-state index in [4.69, 9.17) is 0 Å². The van der Waals surface area contributed by atoms with Crippen molar-refractivity contribution >= 4 is 11.7 Å². The van der Waals surface area contributed by atoms with E-state index in [2.05, 4.69) is 4.98 Å². The van der Waals surface area contributed by atoms with Gasteiger partial charge in [0.2, 0.25) is 5.91 Å². The Labute approximate surface area is 125 Å². The Bertz CT molecular complexity index is 535. The number of carbonyl (C=O) groups excluding carboxylic acids is 1. The molecule has 1 atom stereocenters. The van der Waals surface area contributed by atoms with Crippen LogP contribution in [0.25, 0.3) is 0 Å². The van der Waals surface area contributed by atoms with E-state index in [1.54, 1.807) is 0 Å². The molecule has 2 heterocycles.